The summed E-state index contributed by atoms with van der Waals surface area (Å²) in [6.45, 7) is 8.34. The number of carbonyl (C=O) groups is 1. The van der Waals surface area contributed by atoms with Crippen molar-refractivity contribution in [3.8, 4) is 0 Å². The molecule has 6 heteroatoms. The maximum Gasteiger partial charge on any atom is 0.242 e. The van der Waals surface area contributed by atoms with Crippen molar-refractivity contribution in [1.29, 1.82) is 0 Å². The maximum absolute atomic E-state index is 12.6. The fourth-order valence-corrected chi connectivity index (χ4v) is 3.18. The number of likely N-dealkylation sites (tertiary alicyclic amines) is 1. The number of nitrogens with zero attached hydrogens (tertiary/aromatic N) is 4. The van der Waals surface area contributed by atoms with Crippen LogP contribution in [0.25, 0.3) is 0 Å². The summed E-state index contributed by atoms with van der Waals surface area (Å²) in [5, 5.41) is 8.25. The monoisotopic (exact) mass is 293 g/mol. The second kappa shape index (κ2) is 6.56. The molecule has 0 spiro atoms. The number of hydrogen-bond acceptors (Lipinski definition) is 4. The number of hydrogen-bond donors (Lipinski definition) is 1. The number of aryl methyl sites for hydroxylation is 1. The van der Waals surface area contributed by atoms with E-state index in [1.54, 1.807) is 6.33 Å². The van der Waals surface area contributed by atoms with Gasteiger partial charge in [0.05, 0.1) is 5.54 Å². The fraction of sp³-hybridized carbons (Fsp3) is 0.800. The minimum atomic E-state index is -0.755. The second-order valence-corrected chi connectivity index (χ2v) is 6.23. The van der Waals surface area contributed by atoms with Gasteiger partial charge in [0.15, 0.2) is 0 Å². The van der Waals surface area contributed by atoms with E-state index in [0.717, 1.165) is 44.6 Å². The van der Waals surface area contributed by atoms with Crippen LogP contribution < -0.4 is 5.73 Å². The molecule has 2 heterocycles. The maximum atomic E-state index is 12.6. The van der Waals surface area contributed by atoms with Gasteiger partial charge in [-0.3, -0.25) is 4.79 Å². The molecule has 118 valence electrons. The molecule has 0 aromatic carbocycles. The van der Waals surface area contributed by atoms with Crippen LogP contribution in [0.1, 0.15) is 58.2 Å². The molecule has 1 aliphatic heterocycles. The van der Waals surface area contributed by atoms with Crippen LogP contribution in [0.4, 0.5) is 0 Å². The lowest BCUT2D eigenvalue weighted by Gasteiger charge is -2.37. The lowest BCUT2D eigenvalue weighted by atomic mass is 9.91. The molecule has 0 saturated carbocycles. The first-order chi connectivity index (χ1) is 9.99. The van der Waals surface area contributed by atoms with Crippen LogP contribution in [-0.2, 0) is 11.3 Å². The van der Waals surface area contributed by atoms with Crippen molar-refractivity contribution in [1.82, 2.24) is 19.7 Å². The molecule has 0 bridgehead atoms. The van der Waals surface area contributed by atoms with Crippen LogP contribution in [0.3, 0.4) is 0 Å². The number of rotatable bonds is 5. The first kappa shape index (κ1) is 15.9. The zero-order chi connectivity index (χ0) is 15.5. The predicted molar refractivity (Wildman–Crippen MR) is 81.8 cm³/mol. The Morgan fingerprint density at radius 3 is 2.95 bits per heavy atom. The van der Waals surface area contributed by atoms with Gasteiger partial charge in [0, 0.05) is 25.6 Å². The average molecular weight is 293 g/mol. The first-order valence-corrected chi connectivity index (χ1v) is 7.95. The van der Waals surface area contributed by atoms with E-state index in [1.807, 2.05) is 11.8 Å². The number of nitrogens with two attached hydrogens (primary N) is 1. The molecule has 0 radical (unpaired) electrons. The number of piperidine rings is 1. The van der Waals surface area contributed by atoms with Gasteiger partial charge in [-0.15, -0.1) is 10.2 Å². The van der Waals surface area contributed by atoms with E-state index in [9.17, 15) is 4.79 Å². The molecular formula is C15H27N5O. The van der Waals surface area contributed by atoms with Gasteiger partial charge in [-0.2, -0.15) is 0 Å². The van der Waals surface area contributed by atoms with Crippen LogP contribution in [0.15, 0.2) is 6.33 Å². The van der Waals surface area contributed by atoms with Crippen LogP contribution in [0.2, 0.25) is 0 Å². The van der Waals surface area contributed by atoms with Crippen LogP contribution >= 0.6 is 0 Å². The summed E-state index contributed by atoms with van der Waals surface area (Å²) < 4.78 is 2.06. The Morgan fingerprint density at radius 1 is 1.52 bits per heavy atom. The predicted octanol–water partition coefficient (Wildman–Crippen LogP) is 1.52. The van der Waals surface area contributed by atoms with Crippen molar-refractivity contribution in [2.24, 2.45) is 5.73 Å². The van der Waals surface area contributed by atoms with E-state index in [2.05, 4.69) is 28.6 Å². The highest BCUT2D eigenvalue weighted by Gasteiger charge is 2.35. The first-order valence-electron chi connectivity index (χ1n) is 7.95. The van der Waals surface area contributed by atoms with Crippen LogP contribution in [-0.4, -0.2) is 44.2 Å². The van der Waals surface area contributed by atoms with Gasteiger partial charge in [-0.25, -0.2) is 0 Å². The van der Waals surface area contributed by atoms with Crippen LogP contribution in [0, 0.1) is 0 Å². The van der Waals surface area contributed by atoms with E-state index in [1.165, 1.54) is 0 Å². The molecule has 2 unspecified atom stereocenters. The molecule has 0 aliphatic carbocycles. The molecular weight excluding hydrogens is 266 g/mol. The molecule has 1 aromatic heterocycles. The molecule has 1 fully saturated rings. The van der Waals surface area contributed by atoms with E-state index >= 15 is 0 Å². The Labute approximate surface area is 126 Å². The summed E-state index contributed by atoms with van der Waals surface area (Å²) in [6, 6.07) is 0. The quantitative estimate of drug-likeness (QED) is 0.893. The lowest BCUT2D eigenvalue weighted by Crippen LogP contribution is -2.55. The van der Waals surface area contributed by atoms with E-state index in [4.69, 9.17) is 5.73 Å². The summed E-state index contributed by atoms with van der Waals surface area (Å²) in [6.07, 6.45) is 5.45. The minimum Gasteiger partial charge on any atom is -0.340 e. The smallest absolute Gasteiger partial charge is 0.242 e. The zero-order valence-electron chi connectivity index (χ0n) is 13.4. The van der Waals surface area contributed by atoms with Gasteiger partial charge in [0.25, 0.3) is 0 Å². The second-order valence-electron chi connectivity index (χ2n) is 6.23. The van der Waals surface area contributed by atoms with Crippen molar-refractivity contribution in [3.05, 3.63) is 12.2 Å². The Hall–Kier alpha value is -1.43. The van der Waals surface area contributed by atoms with Gasteiger partial charge >= 0.3 is 0 Å². The summed E-state index contributed by atoms with van der Waals surface area (Å²) >= 11 is 0. The lowest BCUT2D eigenvalue weighted by molar-refractivity contribution is -0.138. The van der Waals surface area contributed by atoms with E-state index in [-0.39, 0.29) is 11.8 Å². The van der Waals surface area contributed by atoms with Gasteiger partial charge in [0.1, 0.15) is 12.2 Å². The van der Waals surface area contributed by atoms with E-state index < -0.39 is 5.54 Å². The highest BCUT2D eigenvalue weighted by Crippen LogP contribution is 2.27. The standard InChI is InChI=1S/C15H27N5O/c1-4-8-15(3,16)14(21)20-9-6-7-12(10-20)13-18-17-11-19(13)5-2/h11-12H,4-10,16H2,1-3H3. The number of aromatic nitrogens is 3. The number of carbonyl (C=O) groups excluding carboxylic acids is 1. The molecule has 6 nitrogen and oxygen atoms in total. The van der Waals surface area contributed by atoms with Gasteiger partial charge in [0.2, 0.25) is 5.91 Å². The molecule has 2 rings (SSSR count). The largest absolute Gasteiger partial charge is 0.340 e. The Bertz CT molecular complexity index is 482. The molecule has 2 atom stereocenters. The Kier molecular flexibility index (Phi) is 4.98. The van der Waals surface area contributed by atoms with Crippen molar-refractivity contribution >= 4 is 5.91 Å². The van der Waals surface area contributed by atoms with Crippen molar-refractivity contribution in [2.45, 2.75) is 64.5 Å². The highest BCUT2D eigenvalue weighted by atomic mass is 16.2. The zero-order valence-corrected chi connectivity index (χ0v) is 13.4. The summed E-state index contributed by atoms with van der Waals surface area (Å²) in [5.74, 6) is 1.32. The fourth-order valence-electron chi connectivity index (χ4n) is 3.18. The normalized spacial score (nSPS) is 22.1. The third kappa shape index (κ3) is 3.43. The van der Waals surface area contributed by atoms with Crippen LogP contribution in [0.5, 0.6) is 0 Å². The van der Waals surface area contributed by atoms with Crippen molar-refractivity contribution in [3.63, 3.8) is 0 Å². The van der Waals surface area contributed by atoms with Crippen molar-refractivity contribution < 1.29 is 4.79 Å². The van der Waals surface area contributed by atoms with Crippen molar-refractivity contribution in [2.75, 3.05) is 13.1 Å². The summed E-state index contributed by atoms with van der Waals surface area (Å²) in [5.41, 5.74) is 5.44. The Balaban J connectivity index is 2.09. The summed E-state index contributed by atoms with van der Waals surface area (Å²) in [4.78, 5) is 14.6. The molecule has 1 amide bonds. The molecule has 1 aromatic rings. The molecule has 21 heavy (non-hydrogen) atoms. The van der Waals surface area contributed by atoms with Gasteiger partial charge < -0.3 is 15.2 Å². The topological polar surface area (TPSA) is 77.0 Å². The number of amides is 1. The molecule has 2 N–H and O–H groups in total. The third-order valence-electron chi connectivity index (χ3n) is 4.32. The highest BCUT2D eigenvalue weighted by molar-refractivity contribution is 5.85. The third-order valence-corrected chi connectivity index (χ3v) is 4.32. The van der Waals surface area contributed by atoms with Gasteiger partial charge in [-0.1, -0.05) is 13.3 Å². The SMILES string of the molecule is CCCC(C)(N)C(=O)N1CCCC(c2nncn2CC)C1. The molecule has 1 aliphatic rings. The van der Waals surface area contributed by atoms with Gasteiger partial charge in [-0.05, 0) is 33.1 Å². The average Bonchev–Trinajstić information content (AvgIpc) is 2.95. The minimum absolute atomic E-state index is 0.0663. The Morgan fingerprint density at radius 2 is 2.29 bits per heavy atom. The summed E-state index contributed by atoms with van der Waals surface area (Å²) in [7, 11) is 0. The molecule has 1 saturated heterocycles. The van der Waals surface area contributed by atoms with E-state index in [0.29, 0.717) is 6.54 Å².